The molecule has 77 heavy (non-hydrogen) atoms. The van der Waals surface area contributed by atoms with Crippen molar-refractivity contribution < 1.29 is 53.1 Å². The van der Waals surface area contributed by atoms with Crippen molar-refractivity contribution in [2.75, 3.05) is 11.1 Å². The molecule has 7 rings (SSSR count). The maximum absolute atomic E-state index is 16.0. The normalized spacial score (nSPS) is 13.1. The van der Waals surface area contributed by atoms with Gasteiger partial charge in [0.15, 0.2) is 34.4 Å². The monoisotopic (exact) mass is 1110 g/mol. The van der Waals surface area contributed by atoms with Crippen LogP contribution in [0.2, 0.25) is 0 Å². The molecular weight excluding hydrogens is 1050 g/mol. The number of hydrogen-bond donors (Lipinski definition) is 3. The molecule has 1 aliphatic carbocycles. The largest absolute Gasteiger partial charge is 0.456 e. The van der Waals surface area contributed by atoms with Crippen molar-refractivity contribution in [3.8, 4) is 22.5 Å². The highest BCUT2D eigenvalue weighted by Gasteiger charge is 2.38. The molecular formula is C58H62F4N4O8S3. The van der Waals surface area contributed by atoms with Crippen LogP contribution in [0.4, 0.5) is 34.6 Å². The first-order valence-corrected chi connectivity index (χ1v) is 29.0. The highest BCUT2D eigenvalue weighted by Crippen LogP contribution is 2.45. The van der Waals surface area contributed by atoms with Gasteiger partial charge in [0.2, 0.25) is 5.91 Å². The summed E-state index contributed by atoms with van der Waals surface area (Å²) in [7, 11) is -11.4. The Morgan fingerprint density at radius 1 is 0.714 bits per heavy atom. The molecule has 0 saturated heterocycles. The maximum atomic E-state index is 16.0. The zero-order valence-electron chi connectivity index (χ0n) is 44.6. The van der Waals surface area contributed by atoms with Crippen LogP contribution in [0, 0.1) is 28.7 Å². The van der Waals surface area contributed by atoms with E-state index in [1.807, 2.05) is 24.3 Å². The molecule has 1 amide bonds. The van der Waals surface area contributed by atoms with Gasteiger partial charge in [0, 0.05) is 51.0 Å². The molecule has 0 aromatic heterocycles. The molecule has 1 aliphatic heterocycles. The van der Waals surface area contributed by atoms with Gasteiger partial charge in [-0.2, -0.15) is 0 Å². The van der Waals surface area contributed by atoms with Crippen molar-refractivity contribution in [3.63, 3.8) is 0 Å². The summed E-state index contributed by atoms with van der Waals surface area (Å²) in [6.45, 7) is 21.5. The van der Waals surface area contributed by atoms with Crippen molar-refractivity contribution in [2.45, 2.75) is 127 Å². The van der Waals surface area contributed by atoms with Gasteiger partial charge in [0.1, 0.15) is 11.3 Å². The molecule has 3 N–H and O–H groups in total. The van der Waals surface area contributed by atoms with Crippen LogP contribution in [0.15, 0.2) is 121 Å². The molecule has 0 bridgehead atoms. The lowest BCUT2D eigenvalue weighted by molar-refractivity contribution is -0.140. The van der Waals surface area contributed by atoms with Gasteiger partial charge < -0.3 is 19.8 Å². The first-order valence-electron chi connectivity index (χ1n) is 25.1. The number of halogens is 4. The Labute approximate surface area is 451 Å². The number of nitrogens with one attached hydrogen (secondary N) is 3. The Bertz CT molecular complexity index is 3590. The van der Waals surface area contributed by atoms with E-state index in [-0.39, 0.29) is 64.4 Å². The number of thioether (sulfide) groups is 1. The summed E-state index contributed by atoms with van der Waals surface area (Å²) in [6, 6.07) is 28.0. The zero-order valence-corrected chi connectivity index (χ0v) is 47.0. The number of benzene rings is 6. The summed E-state index contributed by atoms with van der Waals surface area (Å²) in [5, 5.41) is 6.88. The minimum Gasteiger partial charge on any atom is -0.456 e. The van der Waals surface area contributed by atoms with Crippen molar-refractivity contribution in [1.82, 2.24) is 9.44 Å². The number of hydrogen-bond acceptors (Lipinski definition) is 11. The number of anilines is 2. The third-order valence-electron chi connectivity index (χ3n) is 13.4. The van der Waals surface area contributed by atoms with Crippen LogP contribution in [0.3, 0.4) is 0 Å². The molecule has 0 saturated carbocycles. The first-order chi connectivity index (χ1) is 36.2. The molecule has 0 fully saturated rings. The van der Waals surface area contributed by atoms with Crippen LogP contribution in [0.1, 0.15) is 129 Å². The van der Waals surface area contributed by atoms with Gasteiger partial charge in [-0.05, 0) is 82.7 Å². The summed E-state index contributed by atoms with van der Waals surface area (Å²) >= 11 is 0.0697. The van der Waals surface area contributed by atoms with Gasteiger partial charge in [0.05, 0.1) is 26.6 Å². The Morgan fingerprint density at radius 3 is 1.84 bits per heavy atom. The fourth-order valence-corrected chi connectivity index (χ4v) is 13.0. The zero-order chi connectivity index (χ0) is 56.5. The number of carbonyl (C=O) groups is 2. The predicted molar refractivity (Wildman–Crippen MR) is 294 cm³/mol. The SMILES string of the molecule is CCC(C)(C)C(=O)NC(CSc1c(F)c(F)c(S(=O)(=O)NS(=O)(=O)c2ccccc2-c2c3cc/c(=N\c4c(C(C)C)cccc4C(C)C)cc-3oc3cc(Nc4c(C(C)C)cccc4C(C)C)ccc23)c(F)c1F)OC=O. The lowest BCUT2D eigenvalue weighted by atomic mass is 9.89. The average molecular weight is 1120 g/mol. The van der Waals surface area contributed by atoms with Crippen molar-refractivity contribution in [1.29, 1.82) is 0 Å². The number of nitrogens with zero attached hydrogens (tertiary/aromatic N) is 1. The maximum Gasteiger partial charge on any atom is 0.295 e. The number of ether oxygens (including phenoxy) is 1. The molecule has 19 heteroatoms. The number of para-hydroxylation sites is 2. The van der Waals surface area contributed by atoms with Gasteiger partial charge in [-0.1, -0.05) is 131 Å². The van der Waals surface area contributed by atoms with Crippen LogP contribution < -0.4 is 20.1 Å². The van der Waals surface area contributed by atoms with Gasteiger partial charge >= 0.3 is 0 Å². The molecule has 0 radical (unpaired) electrons. The second kappa shape index (κ2) is 23.2. The van der Waals surface area contributed by atoms with Crippen molar-refractivity contribution >= 4 is 72.2 Å². The van der Waals surface area contributed by atoms with E-state index >= 15 is 17.6 Å². The standard InChI is InChI=1S/C58H62F4N4O8S3/c1-12-58(10,11)57(68)65-47(73-30-67)29-75-55-49(59)51(61)56(52(62)50(55)60)77(71,72)66-76(69,70)46-22-14-13-17-43(46)48-41-25-23-35(63-53-37(31(2)3)18-15-19-38(53)32(4)5)27-44(41)74-45-28-36(24-26-42(45)48)64-54-39(33(6)7)20-16-21-40(54)34(8)9/h13-28,30-34,47,63,66H,12,29H2,1-11H3,(H,65,68)/b64-36+. The lowest BCUT2D eigenvalue weighted by Gasteiger charge is -2.25. The number of carbonyl (C=O) groups excluding carboxylic acids is 2. The molecule has 5 aromatic carbocycles. The lowest BCUT2D eigenvalue weighted by Crippen LogP contribution is -2.45. The number of sulfonamides is 2. The second-order valence-electron chi connectivity index (χ2n) is 20.6. The van der Waals surface area contributed by atoms with E-state index in [2.05, 4.69) is 78.2 Å². The summed E-state index contributed by atoms with van der Waals surface area (Å²) in [4.78, 5) is 24.8. The summed E-state index contributed by atoms with van der Waals surface area (Å²) in [5.74, 6) is -9.70. The van der Waals surface area contributed by atoms with Gasteiger partial charge in [-0.15, -0.1) is 15.9 Å². The van der Waals surface area contributed by atoms with E-state index < -0.39 is 81.3 Å². The van der Waals surface area contributed by atoms with Crippen molar-refractivity contribution in [3.05, 3.63) is 148 Å². The van der Waals surface area contributed by atoms with E-state index in [1.165, 1.54) is 22.3 Å². The molecule has 1 atom stereocenters. The van der Waals surface area contributed by atoms with Crippen LogP contribution >= 0.6 is 11.8 Å². The van der Waals surface area contributed by atoms with Crippen LogP contribution in [-0.4, -0.2) is 41.2 Å². The summed E-state index contributed by atoms with van der Waals surface area (Å²) in [5.41, 5.74) is 6.45. The average Bonchev–Trinajstić information content (AvgIpc) is 3.38. The highest BCUT2D eigenvalue weighted by atomic mass is 32.3. The smallest absolute Gasteiger partial charge is 0.295 e. The minimum absolute atomic E-state index is 0.0518. The van der Waals surface area contributed by atoms with E-state index in [4.69, 9.17) is 14.1 Å². The van der Waals surface area contributed by atoms with E-state index in [1.54, 1.807) is 57.2 Å². The fraction of sp³-hybridized carbons (Fsp3) is 0.328. The van der Waals surface area contributed by atoms with E-state index in [9.17, 15) is 26.4 Å². The molecule has 1 unspecified atom stereocenters. The number of amides is 1. The number of rotatable bonds is 20. The van der Waals surface area contributed by atoms with Gasteiger partial charge in [0.25, 0.3) is 26.5 Å². The third-order valence-corrected chi connectivity index (χ3v) is 18.1. The molecule has 12 nitrogen and oxygen atoms in total. The van der Waals surface area contributed by atoms with Gasteiger partial charge in [-0.25, -0.2) is 39.4 Å². The summed E-state index contributed by atoms with van der Waals surface area (Å²) < 4.78 is 133. The molecule has 2 aliphatic rings. The minimum atomic E-state index is -6.00. The first kappa shape index (κ1) is 58.1. The van der Waals surface area contributed by atoms with E-state index in [0.717, 1.165) is 39.7 Å². The quantitative estimate of drug-likeness (QED) is 0.0166. The molecule has 0 spiro atoms. The van der Waals surface area contributed by atoms with Crippen molar-refractivity contribution in [2.24, 2.45) is 10.4 Å². The fourth-order valence-electron chi connectivity index (χ4n) is 8.86. The molecule has 1 heterocycles. The molecule has 5 aromatic rings. The van der Waals surface area contributed by atoms with Gasteiger partial charge in [-0.3, -0.25) is 9.59 Å². The summed E-state index contributed by atoms with van der Waals surface area (Å²) in [6.07, 6.45) is -1.19. The Hall–Kier alpha value is -6.54. The topological polar surface area (TPSA) is 173 Å². The number of fused-ring (bicyclic) bond motifs is 2. The Balaban J connectivity index is 1.37. The van der Waals surface area contributed by atoms with Crippen LogP contribution in [-0.2, 0) is 34.4 Å². The highest BCUT2D eigenvalue weighted by molar-refractivity contribution is 8.04. The third kappa shape index (κ3) is 12.1. The van der Waals surface area contributed by atoms with Crippen LogP contribution in [0.5, 0.6) is 0 Å². The molecule has 408 valence electrons. The predicted octanol–water partition coefficient (Wildman–Crippen LogP) is 14.0. The van der Waals surface area contributed by atoms with E-state index in [0.29, 0.717) is 28.4 Å². The van der Waals surface area contributed by atoms with Crippen LogP contribution in [0.25, 0.3) is 33.4 Å². The Kier molecular flexibility index (Phi) is 17.5. The second-order valence-corrected chi connectivity index (χ2v) is 25.1. The Morgan fingerprint density at radius 2 is 1.29 bits per heavy atom.